The molecule has 0 spiro atoms. The van der Waals surface area contributed by atoms with Gasteiger partial charge in [0.15, 0.2) is 0 Å². The number of nitrogens with one attached hydrogen (secondary N) is 1. The Hall–Kier alpha value is -1.65. The summed E-state index contributed by atoms with van der Waals surface area (Å²) in [5, 5.41) is 3.99. The van der Waals surface area contributed by atoms with Gasteiger partial charge >= 0.3 is 0 Å². The van der Waals surface area contributed by atoms with Crippen molar-refractivity contribution >= 4 is 34.7 Å². The summed E-state index contributed by atoms with van der Waals surface area (Å²) in [5.74, 6) is 0. The standard InChI is InChI=1S/C19H21IN4O2S/c1-15-7-9-17(10-8-15)27(25,26)24-13-11-19(12-14-24,18-20-22-23-21-18)16-5-3-2-4-6-16/h2-10H,11-14H2,1H3,(H,21,22). The Bertz CT molecular complexity index is 980. The van der Waals surface area contributed by atoms with Gasteiger partial charge in [0.05, 0.1) is 29.5 Å². The summed E-state index contributed by atoms with van der Waals surface area (Å²) < 4.78 is 33.0. The van der Waals surface area contributed by atoms with E-state index < -0.39 is 31.0 Å². The van der Waals surface area contributed by atoms with E-state index in [0.717, 1.165) is 18.4 Å². The predicted molar refractivity (Wildman–Crippen MR) is 114 cm³/mol. The molecule has 2 aromatic carbocycles. The zero-order chi connectivity index (χ0) is 18.9. The van der Waals surface area contributed by atoms with E-state index in [-0.39, 0.29) is 5.41 Å². The van der Waals surface area contributed by atoms with E-state index in [2.05, 4.69) is 26.1 Å². The number of aryl methyl sites for hydroxylation is 1. The highest BCUT2D eigenvalue weighted by Crippen LogP contribution is 2.40. The average Bonchev–Trinajstić information content (AvgIpc) is 3.24. The summed E-state index contributed by atoms with van der Waals surface area (Å²) in [6.45, 7) is 2.93. The molecule has 1 saturated heterocycles. The molecule has 27 heavy (non-hydrogen) atoms. The van der Waals surface area contributed by atoms with Gasteiger partial charge in [0, 0.05) is 18.5 Å². The van der Waals surface area contributed by atoms with Crippen LogP contribution in [0.3, 0.4) is 0 Å². The van der Waals surface area contributed by atoms with E-state index in [4.69, 9.17) is 0 Å². The third kappa shape index (κ3) is 3.45. The Balaban J connectivity index is 1.61. The minimum atomic E-state index is -3.47. The molecule has 142 valence electrons. The van der Waals surface area contributed by atoms with Crippen LogP contribution in [0.25, 0.3) is 0 Å². The van der Waals surface area contributed by atoms with Crippen molar-refractivity contribution in [3.63, 3.8) is 0 Å². The Kier molecular flexibility index (Phi) is 5.13. The molecule has 0 amide bonds. The van der Waals surface area contributed by atoms with Gasteiger partial charge in [-0.1, -0.05) is 53.3 Å². The van der Waals surface area contributed by atoms with Gasteiger partial charge in [-0.2, -0.15) is 4.31 Å². The molecule has 1 fully saturated rings. The van der Waals surface area contributed by atoms with Crippen LogP contribution in [0.4, 0.5) is 0 Å². The highest BCUT2D eigenvalue weighted by molar-refractivity contribution is 14.2. The van der Waals surface area contributed by atoms with E-state index >= 15 is 0 Å². The minimum absolute atomic E-state index is 0.197. The molecule has 0 aromatic heterocycles. The van der Waals surface area contributed by atoms with Crippen LogP contribution in [0.5, 0.6) is 0 Å². The highest BCUT2D eigenvalue weighted by atomic mass is 127. The number of benzene rings is 2. The van der Waals surface area contributed by atoms with Gasteiger partial charge in [-0.25, -0.2) is 8.42 Å². The number of nitrogens with zero attached hydrogens (tertiary/aromatic N) is 3. The van der Waals surface area contributed by atoms with Crippen molar-refractivity contribution < 1.29 is 8.42 Å². The lowest BCUT2D eigenvalue weighted by Gasteiger charge is -2.41. The zero-order valence-corrected chi connectivity index (χ0v) is 17.9. The van der Waals surface area contributed by atoms with Crippen LogP contribution < -0.4 is 5.43 Å². The fourth-order valence-corrected chi connectivity index (χ4v) is 7.09. The summed E-state index contributed by atoms with van der Waals surface area (Å²) in [4.78, 5) is 0.365. The zero-order valence-electron chi connectivity index (χ0n) is 15.0. The van der Waals surface area contributed by atoms with Crippen LogP contribution in [0.15, 0.2) is 68.0 Å². The molecule has 0 radical (unpaired) electrons. The summed E-state index contributed by atoms with van der Waals surface area (Å²) >= 11 is -0.520. The SMILES string of the molecule is Cc1ccc(S(=O)(=O)N2CCC(C3=IN=NN3)(c3ccccc3)CC2)cc1. The Morgan fingerprint density at radius 3 is 2.30 bits per heavy atom. The van der Waals surface area contributed by atoms with Crippen molar-refractivity contribution in [1.82, 2.24) is 9.73 Å². The molecule has 8 heteroatoms. The van der Waals surface area contributed by atoms with Crippen molar-refractivity contribution in [3.8, 4) is 0 Å². The molecule has 4 rings (SSSR count). The molecule has 2 aliphatic rings. The lowest BCUT2D eigenvalue weighted by Crippen LogP contribution is -2.50. The molecule has 0 bridgehead atoms. The summed E-state index contributed by atoms with van der Waals surface area (Å²) in [5.41, 5.74) is 5.18. The van der Waals surface area contributed by atoms with Crippen LogP contribution in [-0.4, -0.2) is 29.4 Å². The Morgan fingerprint density at radius 1 is 1.04 bits per heavy atom. The second-order valence-electron chi connectivity index (χ2n) is 6.85. The third-order valence-corrected chi connectivity index (χ3v) is 9.39. The molecule has 2 aliphatic heterocycles. The second-order valence-corrected chi connectivity index (χ2v) is 10.8. The van der Waals surface area contributed by atoms with E-state index in [1.165, 1.54) is 9.20 Å². The predicted octanol–water partition coefficient (Wildman–Crippen LogP) is 3.70. The van der Waals surface area contributed by atoms with Crippen LogP contribution in [0.2, 0.25) is 0 Å². The average molecular weight is 496 g/mol. The highest BCUT2D eigenvalue weighted by Gasteiger charge is 2.43. The smallest absolute Gasteiger partial charge is 0.243 e. The first-order valence-corrected chi connectivity index (χ1v) is 12.3. The van der Waals surface area contributed by atoms with Gasteiger partial charge in [0.1, 0.15) is 0 Å². The van der Waals surface area contributed by atoms with Crippen molar-refractivity contribution in [2.45, 2.75) is 30.1 Å². The first-order valence-electron chi connectivity index (χ1n) is 8.82. The third-order valence-electron chi connectivity index (χ3n) is 5.29. The van der Waals surface area contributed by atoms with Gasteiger partial charge in [-0.05, 0) is 37.5 Å². The van der Waals surface area contributed by atoms with Gasteiger partial charge in [-0.15, -0.1) is 3.33 Å². The molecule has 2 heterocycles. The van der Waals surface area contributed by atoms with Gasteiger partial charge < -0.3 is 0 Å². The van der Waals surface area contributed by atoms with Crippen molar-refractivity contribution in [3.05, 3.63) is 65.7 Å². The molecule has 6 nitrogen and oxygen atoms in total. The number of hydrogen-bond acceptors (Lipinski definition) is 5. The Morgan fingerprint density at radius 2 is 1.70 bits per heavy atom. The number of piperidine rings is 1. The molecule has 0 aliphatic carbocycles. The van der Waals surface area contributed by atoms with Gasteiger partial charge in [0.25, 0.3) is 0 Å². The lowest BCUT2D eigenvalue weighted by molar-refractivity contribution is 0.284. The number of hydrogen-bond donors (Lipinski definition) is 1. The largest absolute Gasteiger partial charge is 0.255 e. The molecule has 0 unspecified atom stereocenters. The topological polar surface area (TPSA) is 74.1 Å². The normalized spacial score (nSPS) is 19.8. The molecule has 0 atom stereocenters. The number of halogens is 1. The monoisotopic (exact) mass is 496 g/mol. The molecular weight excluding hydrogens is 475 g/mol. The van der Waals surface area contributed by atoms with Crippen molar-refractivity contribution in [1.29, 1.82) is 0 Å². The van der Waals surface area contributed by atoms with Crippen LogP contribution in [0.1, 0.15) is 24.0 Å². The van der Waals surface area contributed by atoms with Crippen molar-refractivity contribution in [2.75, 3.05) is 13.1 Å². The first kappa shape index (κ1) is 18.7. The van der Waals surface area contributed by atoms with E-state index in [0.29, 0.717) is 18.0 Å². The number of rotatable bonds is 4. The maximum absolute atomic E-state index is 13.0. The first-order chi connectivity index (χ1) is 13.0. The summed E-state index contributed by atoms with van der Waals surface area (Å²) in [6.07, 6.45) is 1.46. The molecule has 2 aromatic rings. The minimum Gasteiger partial charge on any atom is -0.255 e. The fourth-order valence-electron chi connectivity index (χ4n) is 3.69. The maximum Gasteiger partial charge on any atom is 0.243 e. The lowest BCUT2D eigenvalue weighted by atomic mass is 9.73. The Labute approximate surface area is 169 Å². The summed E-state index contributed by atoms with van der Waals surface area (Å²) in [7, 11) is -3.47. The van der Waals surface area contributed by atoms with E-state index in [1.807, 2.05) is 37.3 Å². The fraction of sp³-hybridized carbons (Fsp3) is 0.316. The van der Waals surface area contributed by atoms with Crippen LogP contribution >= 0.6 is 21.0 Å². The van der Waals surface area contributed by atoms with Crippen molar-refractivity contribution in [2.24, 2.45) is 8.55 Å². The van der Waals surface area contributed by atoms with Crippen LogP contribution in [0, 0.1) is 6.92 Å². The molecular formula is C19H21IN4O2S. The summed E-state index contributed by atoms with van der Waals surface area (Å²) in [6, 6.07) is 17.4. The second kappa shape index (κ2) is 7.40. The quantitative estimate of drug-likeness (QED) is 0.657. The van der Waals surface area contributed by atoms with Crippen LogP contribution in [-0.2, 0) is 15.4 Å². The van der Waals surface area contributed by atoms with Gasteiger partial charge in [0.2, 0.25) is 10.0 Å². The van der Waals surface area contributed by atoms with E-state index in [1.54, 1.807) is 16.4 Å². The maximum atomic E-state index is 13.0. The number of sulfonamides is 1. The molecule has 0 saturated carbocycles. The van der Waals surface area contributed by atoms with E-state index in [9.17, 15) is 8.42 Å². The molecule has 1 N–H and O–H groups in total. The van der Waals surface area contributed by atoms with Gasteiger partial charge in [-0.3, -0.25) is 5.43 Å².